The standard InChI is InChI=1S/C14H15NO3S/c1-11-9-13(7-8-14(11)19(15,16)17)18-10-12-5-3-2-4-6-12/h2-9H,10H2,1H3,(H2,15,16,17). The third-order valence-corrected chi connectivity index (χ3v) is 3.77. The molecule has 4 nitrogen and oxygen atoms in total. The molecule has 0 spiro atoms. The average molecular weight is 277 g/mol. The molecular weight excluding hydrogens is 262 g/mol. The second-order valence-corrected chi connectivity index (χ2v) is 5.78. The summed E-state index contributed by atoms with van der Waals surface area (Å²) in [5.41, 5.74) is 1.63. The molecule has 19 heavy (non-hydrogen) atoms. The van der Waals surface area contributed by atoms with Crippen molar-refractivity contribution >= 4 is 10.0 Å². The van der Waals surface area contributed by atoms with Gasteiger partial charge in [-0.15, -0.1) is 0 Å². The molecule has 0 amide bonds. The Balaban J connectivity index is 2.13. The number of hydrogen-bond donors (Lipinski definition) is 1. The Hall–Kier alpha value is -1.85. The van der Waals surface area contributed by atoms with Crippen LogP contribution in [0.4, 0.5) is 0 Å². The lowest BCUT2D eigenvalue weighted by Crippen LogP contribution is -2.13. The van der Waals surface area contributed by atoms with E-state index in [0.29, 0.717) is 17.9 Å². The van der Waals surface area contributed by atoms with E-state index in [9.17, 15) is 8.42 Å². The molecule has 5 heteroatoms. The smallest absolute Gasteiger partial charge is 0.238 e. The molecule has 0 aromatic heterocycles. The van der Waals surface area contributed by atoms with Gasteiger partial charge in [-0.05, 0) is 36.2 Å². The quantitative estimate of drug-likeness (QED) is 0.931. The van der Waals surface area contributed by atoms with E-state index in [2.05, 4.69) is 0 Å². The zero-order valence-corrected chi connectivity index (χ0v) is 11.4. The van der Waals surface area contributed by atoms with Gasteiger partial charge in [-0.3, -0.25) is 0 Å². The molecule has 0 bridgehead atoms. The van der Waals surface area contributed by atoms with Gasteiger partial charge in [0.2, 0.25) is 10.0 Å². The minimum atomic E-state index is -3.67. The minimum absolute atomic E-state index is 0.125. The van der Waals surface area contributed by atoms with Crippen molar-refractivity contribution in [1.29, 1.82) is 0 Å². The summed E-state index contributed by atoms with van der Waals surface area (Å²) in [4.78, 5) is 0.125. The Bertz CT molecular complexity index is 666. The molecule has 0 fully saturated rings. The molecule has 2 rings (SSSR count). The summed E-state index contributed by atoms with van der Waals surface area (Å²) in [7, 11) is -3.67. The number of primary sulfonamides is 1. The first-order valence-corrected chi connectivity index (χ1v) is 7.31. The molecule has 0 unspecified atom stereocenters. The highest BCUT2D eigenvalue weighted by Gasteiger charge is 2.11. The molecule has 0 aliphatic rings. The van der Waals surface area contributed by atoms with Crippen LogP contribution < -0.4 is 9.88 Å². The number of rotatable bonds is 4. The summed E-state index contributed by atoms with van der Waals surface area (Å²) in [6.07, 6.45) is 0. The molecule has 0 saturated carbocycles. The molecule has 0 saturated heterocycles. The Labute approximate surface area is 112 Å². The third-order valence-electron chi connectivity index (χ3n) is 2.70. The molecule has 0 heterocycles. The van der Waals surface area contributed by atoms with E-state index in [4.69, 9.17) is 9.88 Å². The minimum Gasteiger partial charge on any atom is -0.489 e. The van der Waals surface area contributed by atoms with Gasteiger partial charge in [-0.25, -0.2) is 13.6 Å². The first-order chi connectivity index (χ1) is 8.97. The van der Waals surface area contributed by atoms with E-state index >= 15 is 0 Å². The fraction of sp³-hybridized carbons (Fsp3) is 0.143. The fourth-order valence-electron chi connectivity index (χ4n) is 1.77. The van der Waals surface area contributed by atoms with Crippen molar-refractivity contribution in [3.63, 3.8) is 0 Å². The van der Waals surface area contributed by atoms with Crippen LogP contribution in [0.15, 0.2) is 53.4 Å². The van der Waals surface area contributed by atoms with Crippen LogP contribution in [0.5, 0.6) is 5.75 Å². The van der Waals surface area contributed by atoms with Crippen molar-refractivity contribution in [2.45, 2.75) is 18.4 Å². The van der Waals surface area contributed by atoms with Crippen LogP contribution in [0, 0.1) is 6.92 Å². The highest BCUT2D eigenvalue weighted by molar-refractivity contribution is 7.89. The monoisotopic (exact) mass is 277 g/mol. The maximum atomic E-state index is 11.3. The third kappa shape index (κ3) is 3.56. The van der Waals surface area contributed by atoms with Gasteiger partial charge in [0.25, 0.3) is 0 Å². The van der Waals surface area contributed by atoms with Crippen LogP contribution in [0.25, 0.3) is 0 Å². The first-order valence-electron chi connectivity index (χ1n) is 5.77. The van der Waals surface area contributed by atoms with Gasteiger partial charge in [-0.2, -0.15) is 0 Å². The molecule has 0 aliphatic heterocycles. The first kappa shape index (κ1) is 13.6. The summed E-state index contributed by atoms with van der Waals surface area (Å²) >= 11 is 0. The molecule has 0 aliphatic carbocycles. The van der Waals surface area contributed by atoms with Crippen LogP contribution >= 0.6 is 0 Å². The van der Waals surface area contributed by atoms with Gasteiger partial charge < -0.3 is 4.74 Å². The fourth-order valence-corrected chi connectivity index (χ4v) is 2.54. The predicted molar refractivity (Wildman–Crippen MR) is 73.3 cm³/mol. The highest BCUT2D eigenvalue weighted by atomic mass is 32.2. The van der Waals surface area contributed by atoms with E-state index in [-0.39, 0.29) is 4.90 Å². The largest absolute Gasteiger partial charge is 0.489 e. The van der Waals surface area contributed by atoms with Gasteiger partial charge >= 0.3 is 0 Å². The number of hydrogen-bond acceptors (Lipinski definition) is 3. The van der Waals surface area contributed by atoms with E-state index in [1.54, 1.807) is 19.1 Å². The van der Waals surface area contributed by atoms with E-state index < -0.39 is 10.0 Å². The number of benzene rings is 2. The molecule has 2 aromatic rings. The lowest BCUT2D eigenvalue weighted by atomic mass is 10.2. The van der Waals surface area contributed by atoms with Crippen LogP contribution in [0.2, 0.25) is 0 Å². The second-order valence-electron chi connectivity index (χ2n) is 4.25. The summed E-state index contributed by atoms with van der Waals surface area (Å²) in [5.74, 6) is 0.619. The number of sulfonamides is 1. The normalized spacial score (nSPS) is 11.3. The van der Waals surface area contributed by atoms with Crippen LogP contribution in [-0.4, -0.2) is 8.42 Å². The molecule has 2 aromatic carbocycles. The van der Waals surface area contributed by atoms with Crippen molar-refractivity contribution in [2.24, 2.45) is 5.14 Å². The van der Waals surface area contributed by atoms with Gasteiger partial charge in [0.1, 0.15) is 12.4 Å². The topological polar surface area (TPSA) is 69.4 Å². The summed E-state index contributed by atoms with van der Waals surface area (Å²) in [6.45, 7) is 2.13. The van der Waals surface area contributed by atoms with Gasteiger partial charge in [0.15, 0.2) is 0 Å². The Kier molecular flexibility index (Phi) is 3.87. The highest BCUT2D eigenvalue weighted by Crippen LogP contribution is 2.21. The van der Waals surface area contributed by atoms with Crippen molar-refractivity contribution in [3.05, 3.63) is 59.7 Å². The van der Waals surface area contributed by atoms with Crippen molar-refractivity contribution in [1.82, 2.24) is 0 Å². The SMILES string of the molecule is Cc1cc(OCc2ccccc2)ccc1S(N)(=O)=O. The van der Waals surface area contributed by atoms with Crippen molar-refractivity contribution in [2.75, 3.05) is 0 Å². The molecule has 100 valence electrons. The Morgan fingerprint density at radius 3 is 2.37 bits per heavy atom. The van der Waals surface area contributed by atoms with Crippen molar-refractivity contribution < 1.29 is 13.2 Å². The van der Waals surface area contributed by atoms with Crippen LogP contribution in [0.1, 0.15) is 11.1 Å². The van der Waals surface area contributed by atoms with Crippen LogP contribution in [0.3, 0.4) is 0 Å². The Morgan fingerprint density at radius 2 is 1.79 bits per heavy atom. The molecule has 2 N–H and O–H groups in total. The molecule has 0 atom stereocenters. The lowest BCUT2D eigenvalue weighted by Gasteiger charge is -2.09. The second kappa shape index (κ2) is 5.42. The Morgan fingerprint density at radius 1 is 1.11 bits per heavy atom. The average Bonchev–Trinajstić information content (AvgIpc) is 2.36. The zero-order chi connectivity index (χ0) is 13.9. The lowest BCUT2D eigenvalue weighted by molar-refractivity contribution is 0.306. The van der Waals surface area contributed by atoms with E-state index in [0.717, 1.165) is 5.56 Å². The van der Waals surface area contributed by atoms with Gasteiger partial charge in [0, 0.05) is 0 Å². The molecular formula is C14H15NO3S. The van der Waals surface area contributed by atoms with E-state index in [1.165, 1.54) is 6.07 Å². The summed E-state index contributed by atoms with van der Waals surface area (Å²) in [5, 5.41) is 5.10. The van der Waals surface area contributed by atoms with Gasteiger partial charge in [-0.1, -0.05) is 30.3 Å². The maximum absolute atomic E-state index is 11.3. The summed E-state index contributed by atoms with van der Waals surface area (Å²) < 4.78 is 28.2. The van der Waals surface area contributed by atoms with E-state index in [1.807, 2.05) is 30.3 Å². The maximum Gasteiger partial charge on any atom is 0.238 e. The number of ether oxygens (including phenoxy) is 1. The number of aryl methyl sites for hydroxylation is 1. The number of nitrogens with two attached hydrogens (primary N) is 1. The zero-order valence-electron chi connectivity index (χ0n) is 10.5. The summed E-state index contributed by atoms with van der Waals surface area (Å²) in [6, 6.07) is 14.5. The van der Waals surface area contributed by atoms with Gasteiger partial charge in [0.05, 0.1) is 4.90 Å². The molecule has 0 radical (unpaired) electrons. The van der Waals surface area contributed by atoms with Crippen molar-refractivity contribution in [3.8, 4) is 5.75 Å². The van der Waals surface area contributed by atoms with Crippen LogP contribution in [-0.2, 0) is 16.6 Å². The predicted octanol–water partition coefficient (Wildman–Crippen LogP) is 2.22.